The second-order valence-corrected chi connectivity index (χ2v) is 3.97. The Morgan fingerprint density at radius 2 is 2.12 bits per heavy atom. The van der Waals surface area contributed by atoms with Gasteiger partial charge in [0.2, 0.25) is 5.89 Å². The van der Waals surface area contributed by atoms with Crippen LogP contribution in [0.1, 0.15) is 17.9 Å². The van der Waals surface area contributed by atoms with E-state index in [2.05, 4.69) is 10.2 Å². The van der Waals surface area contributed by atoms with E-state index in [1.165, 1.54) is 6.07 Å². The summed E-state index contributed by atoms with van der Waals surface area (Å²) in [6.07, 6.45) is 1.57. The third-order valence-corrected chi connectivity index (χ3v) is 2.50. The summed E-state index contributed by atoms with van der Waals surface area (Å²) >= 11 is 4.72. The summed E-state index contributed by atoms with van der Waals surface area (Å²) in [4.78, 5) is 0.219. The minimum Gasteiger partial charge on any atom is -0.414 e. The second kappa shape index (κ2) is 5.18. The topological polar surface area (TPSA) is 41.8 Å². The average molecular weight is 256 g/mol. The fourth-order valence-corrected chi connectivity index (χ4v) is 1.67. The van der Waals surface area contributed by atoms with Gasteiger partial charge in [-0.25, -0.2) is 13.9 Å². The van der Waals surface area contributed by atoms with Gasteiger partial charge in [-0.3, -0.25) is 0 Å². The van der Waals surface area contributed by atoms with Crippen LogP contribution >= 0.6 is 12.2 Å². The molecule has 0 atom stereocenters. The van der Waals surface area contributed by atoms with Gasteiger partial charge in [0.15, 0.2) is 0 Å². The molecule has 0 spiro atoms. The molecular formula is C11H10F2N2OS. The summed E-state index contributed by atoms with van der Waals surface area (Å²) in [5.74, 6) is -0.347. The van der Waals surface area contributed by atoms with Gasteiger partial charge in [0.05, 0.1) is 0 Å². The van der Waals surface area contributed by atoms with Crippen molar-refractivity contribution in [2.45, 2.75) is 19.3 Å². The number of aromatic nitrogens is 2. The highest BCUT2D eigenvalue weighted by atomic mass is 32.1. The lowest BCUT2D eigenvalue weighted by Crippen LogP contribution is -1.95. The number of benzene rings is 1. The lowest BCUT2D eigenvalue weighted by molar-refractivity contribution is 0.472. The lowest BCUT2D eigenvalue weighted by Gasteiger charge is -2.01. The van der Waals surface area contributed by atoms with Crippen LogP contribution in [-0.2, 0) is 12.8 Å². The van der Waals surface area contributed by atoms with E-state index >= 15 is 0 Å². The predicted octanol–water partition coefficient (Wildman–Crippen LogP) is 3.19. The zero-order valence-corrected chi connectivity index (χ0v) is 9.69. The minimum absolute atomic E-state index is 0.219. The molecule has 2 aromatic rings. The van der Waals surface area contributed by atoms with Gasteiger partial charge >= 0.3 is 0 Å². The summed E-state index contributed by atoms with van der Waals surface area (Å²) in [6.45, 7) is 0. The maximum absolute atomic E-state index is 13.3. The zero-order valence-electron chi connectivity index (χ0n) is 8.87. The van der Waals surface area contributed by atoms with Crippen LogP contribution in [0.2, 0.25) is 0 Å². The van der Waals surface area contributed by atoms with Crippen molar-refractivity contribution in [3.63, 3.8) is 0 Å². The van der Waals surface area contributed by atoms with Gasteiger partial charge in [0.25, 0.3) is 4.84 Å². The molecule has 3 nitrogen and oxygen atoms in total. The predicted molar refractivity (Wildman–Crippen MR) is 60.1 cm³/mol. The molecule has 17 heavy (non-hydrogen) atoms. The van der Waals surface area contributed by atoms with E-state index in [4.69, 9.17) is 16.6 Å². The van der Waals surface area contributed by atoms with Crippen molar-refractivity contribution in [3.8, 4) is 0 Å². The van der Waals surface area contributed by atoms with Gasteiger partial charge in [0.1, 0.15) is 11.6 Å². The summed E-state index contributed by atoms with van der Waals surface area (Å²) in [5, 5.41) is 6.33. The first-order valence-electron chi connectivity index (χ1n) is 5.13. The van der Waals surface area contributed by atoms with E-state index in [0.717, 1.165) is 12.1 Å². The van der Waals surface area contributed by atoms with Crippen molar-refractivity contribution in [3.05, 3.63) is 46.1 Å². The maximum Gasteiger partial charge on any atom is 0.284 e. The van der Waals surface area contributed by atoms with Crippen LogP contribution < -0.4 is 0 Å². The number of halogens is 2. The quantitative estimate of drug-likeness (QED) is 0.854. The fourth-order valence-electron chi connectivity index (χ4n) is 1.53. The number of aromatic amines is 1. The normalized spacial score (nSPS) is 10.7. The number of hydrogen-bond donors (Lipinski definition) is 1. The standard InChI is InChI=1S/C11H10F2N2OS/c12-8-4-5-9(13)7(6-8)2-1-3-10-14-15-11(17)16-10/h4-6H,1-3H2,(H,15,17). The Balaban J connectivity index is 1.94. The molecule has 1 N–H and O–H groups in total. The smallest absolute Gasteiger partial charge is 0.284 e. The molecule has 90 valence electrons. The van der Waals surface area contributed by atoms with Crippen molar-refractivity contribution < 1.29 is 13.2 Å². The monoisotopic (exact) mass is 256 g/mol. The Morgan fingerprint density at radius 1 is 1.29 bits per heavy atom. The number of nitrogens with one attached hydrogen (secondary N) is 1. The van der Waals surface area contributed by atoms with Gasteiger partial charge in [0, 0.05) is 6.42 Å². The largest absolute Gasteiger partial charge is 0.414 e. The summed E-state index contributed by atoms with van der Waals surface area (Å²) in [7, 11) is 0. The molecule has 0 aliphatic heterocycles. The summed E-state index contributed by atoms with van der Waals surface area (Å²) in [5.41, 5.74) is 0.360. The fraction of sp³-hybridized carbons (Fsp3) is 0.273. The number of hydrogen-bond acceptors (Lipinski definition) is 3. The SMILES string of the molecule is Fc1ccc(F)c(CCCc2n[nH]c(=S)o2)c1. The first-order chi connectivity index (χ1) is 8.15. The molecule has 0 aliphatic rings. The first kappa shape index (κ1) is 11.9. The number of rotatable bonds is 4. The number of nitrogens with zero attached hydrogens (tertiary/aromatic N) is 1. The molecule has 0 bridgehead atoms. The van der Waals surface area contributed by atoms with Crippen molar-refractivity contribution in [2.75, 3.05) is 0 Å². The number of H-pyrrole nitrogens is 1. The Bertz CT molecular complexity index is 565. The highest BCUT2D eigenvalue weighted by Gasteiger charge is 2.05. The highest BCUT2D eigenvalue weighted by Crippen LogP contribution is 2.13. The highest BCUT2D eigenvalue weighted by molar-refractivity contribution is 7.71. The molecule has 0 amide bonds. The number of aryl methyl sites for hydroxylation is 2. The van der Waals surface area contributed by atoms with Crippen LogP contribution in [-0.4, -0.2) is 10.2 Å². The van der Waals surface area contributed by atoms with E-state index in [-0.39, 0.29) is 4.84 Å². The van der Waals surface area contributed by atoms with Crippen LogP contribution in [0.3, 0.4) is 0 Å². The first-order valence-corrected chi connectivity index (χ1v) is 5.54. The van der Waals surface area contributed by atoms with Crippen molar-refractivity contribution in [1.29, 1.82) is 0 Å². The van der Waals surface area contributed by atoms with Crippen LogP contribution in [0.4, 0.5) is 8.78 Å². The van der Waals surface area contributed by atoms with Crippen LogP contribution in [0.25, 0.3) is 0 Å². The van der Waals surface area contributed by atoms with Crippen LogP contribution in [0.15, 0.2) is 22.6 Å². The molecule has 0 saturated carbocycles. The van der Waals surface area contributed by atoms with Gasteiger partial charge in [-0.2, -0.15) is 0 Å². The van der Waals surface area contributed by atoms with E-state index in [1.807, 2.05) is 0 Å². The molecule has 6 heteroatoms. The van der Waals surface area contributed by atoms with E-state index in [1.54, 1.807) is 0 Å². The molecule has 0 saturated heterocycles. The maximum atomic E-state index is 13.3. The molecular weight excluding hydrogens is 246 g/mol. The molecule has 0 aliphatic carbocycles. The molecule has 1 aromatic heterocycles. The van der Waals surface area contributed by atoms with E-state index in [0.29, 0.717) is 30.7 Å². The van der Waals surface area contributed by atoms with Crippen molar-refractivity contribution >= 4 is 12.2 Å². The van der Waals surface area contributed by atoms with Crippen molar-refractivity contribution in [1.82, 2.24) is 10.2 Å². The molecule has 1 aromatic carbocycles. The molecule has 2 rings (SSSR count). The van der Waals surface area contributed by atoms with Gasteiger partial charge in [-0.15, -0.1) is 5.10 Å². The van der Waals surface area contributed by atoms with Crippen LogP contribution in [0, 0.1) is 16.5 Å². The van der Waals surface area contributed by atoms with Gasteiger partial charge in [-0.05, 0) is 48.8 Å². The summed E-state index contributed by atoms with van der Waals surface area (Å²) in [6, 6.07) is 3.44. The Labute approximate surface area is 101 Å². The van der Waals surface area contributed by atoms with Crippen molar-refractivity contribution in [2.24, 2.45) is 0 Å². The Kier molecular flexibility index (Phi) is 3.63. The van der Waals surface area contributed by atoms with E-state index in [9.17, 15) is 8.78 Å². The Hall–Kier alpha value is -1.56. The molecule has 0 unspecified atom stereocenters. The third-order valence-electron chi connectivity index (χ3n) is 2.33. The van der Waals surface area contributed by atoms with Gasteiger partial charge in [-0.1, -0.05) is 0 Å². The Morgan fingerprint density at radius 3 is 2.82 bits per heavy atom. The average Bonchev–Trinajstić information content (AvgIpc) is 2.69. The summed E-state index contributed by atoms with van der Waals surface area (Å²) < 4.78 is 31.2. The van der Waals surface area contributed by atoms with Crippen LogP contribution in [0.5, 0.6) is 0 Å². The minimum atomic E-state index is -0.432. The third kappa shape index (κ3) is 3.20. The lowest BCUT2D eigenvalue weighted by atomic mass is 10.1. The van der Waals surface area contributed by atoms with E-state index < -0.39 is 11.6 Å². The molecule has 0 radical (unpaired) electrons. The molecule has 0 fully saturated rings. The van der Waals surface area contributed by atoms with Gasteiger partial charge < -0.3 is 4.42 Å². The zero-order chi connectivity index (χ0) is 12.3. The molecule has 1 heterocycles. The second-order valence-electron chi connectivity index (χ2n) is 3.60.